The number of hydrogen-bond donors (Lipinski definition) is 5. The topological polar surface area (TPSA) is 200 Å². The molecule has 0 saturated carbocycles. The molecule has 0 unspecified atom stereocenters. The number of aliphatic hydroxyl groups is 1. The number of aliphatic carboxylic acids is 1. The van der Waals surface area contributed by atoms with Crippen LogP contribution >= 0.6 is 23.1 Å². The lowest BCUT2D eigenvalue weighted by molar-refractivity contribution is -0.688. The molecule has 3 aromatic rings. The summed E-state index contributed by atoms with van der Waals surface area (Å²) in [5.74, 6) is -2.14. The summed E-state index contributed by atoms with van der Waals surface area (Å²) in [6.45, 7) is 0.0571. The van der Waals surface area contributed by atoms with Gasteiger partial charge in [0.05, 0.1) is 23.6 Å². The van der Waals surface area contributed by atoms with E-state index >= 15 is 0 Å². The highest BCUT2D eigenvalue weighted by Gasteiger charge is 2.54. The third-order valence-corrected chi connectivity index (χ3v) is 8.04. The van der Waals surface area contributed by atoms with Crippen molar-refractivity contribution < 1.29 is 34.0 Å². The van der Waals surface area contributed by atoms with Gasteiger partial charge in [0, 0.05) is 22.8 Å². The van der Waals surface area contributed by atoms with Gasteiger partial charge in [-0.25, -0.2) is 14.3 Å². The van der Waals surface area contributed by atoms with E-state index in [1.165, 1.54) is 23.8 Å². The molecule has 0 bridgehead atoms. The zero-order valence-corrected chi connectivity index (χ0v) is 22.0. The van der Waals surface area contributed by atoms with Gasteiger partial charge in [-0.05, 0) is 12.1 Å². The number of carbonyl (C=O) groups excluding carboxylic acids is 2. The van der Waals surface area contributed by atoms with Crippen LogP contribution < -0.4 is 15.6 Å². The Hall–Kier alpha value is -4.28. The number of nitrogens with two attached hydrogens (primary N) is 1. The van der Waals surface area contributed by atoms with E-state index in [-0.39, 0.29) is 35.4 Å². The molecule has 5 rings (SSSR count). The number of rotatable bonds is 9. The van der Waals surface area contributed by atoms with E-state index in [1.54, 1.807) is 28.3 Å². The van der Waals surface area contributed by atoms with Gasteiger partial charge in [-0.15, -0.1) is 23.1 Å². The lowest BCUT2D eigenvalue weighted by atomic mass is 10.0. The largest absolute Gasteiger partial charge is 0.477 e. The molecule has 5 heterocycles. The van der Waals surface area contributed by atoms with Crippen molar-refractivity contribution in [3.63, 3.8) is 0 Å². The molecule has 16 heteroatoms. The van der Waals surface area contributed by atoms with Crippen LogP contribution in [0.3, 0.4) is 0 Å². The van der Waals surface area contributed by atoms with Crippen LogP contribution in [0.15, 0.2) is 52.4 Å². The molecule has 0 aromatic carbocycles. The minimum Gasteiger partial charge on any atom is -0.477 e. The molecule has 2 aliphatic heterocycles. The lowest BCUT2D eigenvalue weighted by Gasteiger charge is -2.49. The second kappa shape index (κ2) is 10.8. The molecule has 6 N–H and O–H groups in total. The number of aromatic nitrogens is 4. The molecule has 2 aliphatic rings. The van der Waals surface area contributed by atoms with Crippen molar-refractivity contribution in [2.75, 3.05) is 18.6 Å². The number of fused-ring (bicyclic) bond motifs is 1. The molecular formula is C23H23N8O6S2+. The van der Waals surface area contributed by atoms with Crippen LogP contribution in [0.25, 0.3) is 11.3 Å². The maximum atomic E-state index is 13.1. The molecule has 2 amide bonds. The number of pyridine rings is 1. The van der Waals surface area contributed by atoms with Crippen molar-refractivity contribution in [3.05, 3.63) is 58.6 Å². The van der Waals surface area contributed by atoms with E-state index in [0.29, 0.717) is 22.7 Å². The normalized spacial score (nSPS) is 19.0. The molecule has 0 aliphatic carbocycles. The summed E-state index contributed by atoms with van der Waals surface area (Å²) in [6.07, 6.45) is 3.60. The number of carboxylic acids is 1. The van der Waals surface area contributed by atoms with Crippen molar-refractivity contribution >= 4 is 51.7 Å². The van der Waals surface area contributed by atoms with Gasteiger partial charge in [-0.1, -0.05) is 5.16 Å². The van der Waals surface area contributed by atoms with E-state index in [0.717, 1.165) is 16.9 Å². The molecule has 1 fully saturated rings. The standard InChI is InChI=1S/C23H22N8O6S2/c1-37-29-16(15-10-39-23(24)25-15)19(33)26-17-20(34)31-18(22(35)36)12(9-38-21(17)31)7-30-4-2-3-11(6-30)14-5-13(8-32)27-28-14/h2-6,10,17,21,32H,7-9H2,1H3,(H4-,24,25,26,27,28,33,35,36)/p+1/b29-16+/t17-,21-/m1/s1. The highest BCUT2D eigenvalue weighted by molar-refractivity contribution is 8.00. The van der Waals surface area contributed by atoms with E-state index in [9.17, 15) is 24.6 Å². The SMILES string of the molecule is CO/N=C(/C(=O)N[C@@H]1C(=O)N2C(C(=O)O)=C(C[n+]3cccc(-c4cc(CO)[nH]n4)c3)CS[C@H]12)c1csc(N)n1. The lowest BCUT2D eigenvalue weighted by Crippen LogP contribution is -2.71. The molecule has 14 nitrogen and oxygen atoms in total. The number of amides is 2. The Labute approximate surface area is 229 Å². The Balaban J connectivity index is 1.34. The first-order chi connectivity index (χ1) is 18.8. The number of anilines is 1. The number of H-pyrrole nitrogens is 1. The van der Waals surface area contributed by atoms with Crippen LogP contribution in [-0.2, 0) is 32.4 Å². The molecule has 2 atom stereocenters. The average Bonchev–Trinajstić information content (AvgIpc) is 3.59. The van der Waals surface area contributed by atoms with Gasteiger partial charge < -0.3 is 26.1 Å². The van der Waals surface area contributed by atoms with Crippen molar-refractivity contribution in [3.8, 4) is 11.3 Å². The highest BCUT2D eigenvalue weighted by atomic mass is 32.2. The molecular weight excluding hydrogens is 548 g/mol. The van der Waals surface area contributed by atoms with Crippen LogP contribution in [0.2, 0.25) is 0 Å². The number of carboxylic acid groups (broad SMARTS) is 1. The molecule has 0 radical (unpaired) electrons. The molecule has 1 saturated heterocycles. The van der Waals surface area contributed by atoms with Crippen LogP contribution in [-0.4, -0.2) is 78.1 Å². The van der Waals surface area contributed by atoms with Gasteiger partial charge >= 0.3 is 5.97 Å². The van der Waals surface area contributed by atoms with Crippen LogP contribution in [0.1, 0.15) is 11.4 Å². The molecule has 202 valence electrons. The summed E-state index contributed by atoms with van der Waals surface area (Å²) < 4.78 is 1.80. The van der Waals surface area contributed by atoms with Crippen molar-refractivity contribution in [1.82, 2.24) is 25.4 Å². The summed E-state index contributed by atoms with van der Waals surface area (Å²) in [6, 6.07) is 4.42. The number of nitrogen functional groups attached to an aromatic ring is 1. The van der Waals surface area contributed by atoms with E-state index in [1.807, 2.05) is 12.3 Å². The first-order valence-electron chi connectivity index (χ1n) is 11.5. The fraction of sp³-hybridized carbons (Fsp3) is 0.261. The maximum Gasteiger partial charge on any atom is 0.352 e. The number of thioether (sulfide) groups is 1. The minimum atomic E-state index is -1.23. The Morgan fingerprint density at radius 2 is 2.26 bits per heavy atom. The Morgan fingerprint density at radius 3 is 2.92 bits per heavy atom. The summed E-state index contributed by atoms with van der Waals surface area (Å²) in [5, 5.41) is 33.8. The maximum absolute atomic E-state index is 13.1. The summed E-state index contributed by atoms with van der Waals surface area (Å²) in [5.41, 5.74) is 8.12. The zero-order valence-electron chi connectivity index (χ0n) is 20.4. The zero-order chi connectivity index (χ0) is 27.7. The molecule has 0 spiro atoms. The van der Waals surface area contributed by atoms with Gasteiger partial charge in [-0.3, -0.25) is 19.6 Å². The number of aromatic amines is 1. The second-order valence-corrected chi connectivity index (χ2v) is 10.5. The van der Waals surface area contributed by atoms with Crippen molar-refractivity contribution in [2.24, 2.45) is 5.16 Å². The predicted molar refractivity (Wildman–Crippen MR) is 140 cm³/mol. The van der Waals surface area contributed by atoms with Gasteiger partial charge in [0.1, 0.15) is 29.9 Å². The quantitative estimate of drug-likeness (QED) is 0.0981. The van der Waals surface area contributed by atoms with Crippen LogP contribution in [0.4, 0.5) is 5.13 Å². The smallest absolute Gasteiger partial charge is 0.352 e. The van der Waals surface area contributed by atoms with Crippen LogP contribution in [0.5, 0.6) is 0 Å². The number of thiazole rings is 1. The van der Waals surface area contributed by atoms with Crippen LogP contribution in [0, 0.1) is 0 Å². The summed E-state index contributed by atoms with van der Waals surface area (Å²) in [4.78, 5) is 48.3. The van der Waals surface area contributed by atoms with Gasteiger partial charge in [0.2, 0.25) is 0 Å². The Kier molecular flexibility index (Phi) is 7.32. The third-order valence-electron chi connectivity index (χ3n) is 6.03. The van der Waals surface area contributed by atoms with E-state index in [2.05, 4.69) is 25.7 Å². The second-order valence-electron chi connectivity index (χ2n) is 8.51. The minimum absolute atomic E-state index is 0.104. The number of aliphatic hydroxyl groups excluding tert-OH is 1. The highest BCUT2D eigenvalue weighted by Crippen LogP contribution is 2.40. The number of oxime groups is 1. The van der Waals surface area contributed by atoms with Gasteiger partial charge in [0.15, 0.2) is 29.8 Å². The Morgan fingerprint density at radius 1 is 1.44 bits per heavy atom. The molecule has 39 heavy (non-hydrogen) atoms. The number of nitrogens with one attached hydrogen (secondary N) is 2. The summed E-state index contributed by atoms with van der Waals surface area (Å²) in [7, 11) is 1.27. The van der Waals surface area contributed by atoms with E-state index in [4.69, 9.17) is 10.6 Å². The number of nitrogens with zero attached hydrogens (tertiary/aromatic N) is 5. The summed E-state index contributed by atoms with van der Waals surface area (Å²) >= 11 is 2.48. The predicted octanol–water partition coefficient (Wildman–Crippen LogP) is -0.315. The van der Waals surface area contributed by atoms with Gasteiger partial charge in [0.25, 0.3) is 11.8 Å². The first-order valence-corrected chi connectivity index (χ1v) is 13.4. The monoisotopic (exact) mass is 571 g/mol. The van der Waals surface area contributed by atoms with Crippen molar-refractivity contribution in [2.45, 2.75) is 24.6 Å². The average molecular weight is 572 g/mol. The van der Waals surface area contributed by atoms with Crippen molar-refractivity contribution in [1.29, 1.82) is 0 Å². The Bertz CT molecular complexity index is 1520. The number of β-lactam (4-membered cyclic amide) rings is 1. The first kappa shape index (κ1) is 26.3. The molecule has 3 aromatic heterocycles. The number of carbonyl (C=O) groups is 3. The number of hydrogen-bond acceptors (Lipinski definition) is 11. The van der Waals surface area contributed by atoms with E-state index < -0.39 is 29.2 Å². The van der Waals surface area contributed by atoms with Gasteiger partial charge in [-0.2, -0.15) is 5.10 Å². The fourth-order valence-corrected chi connectivity index (χ4v) is 6.17. The fourth-order valence-electron chi connectivity index (χ4n) is 4.29. The third kappa shape index (κ3) is 5.08.